The molecule has 0 radical (unpaired) electrons. The van der Waals surface area contributed by atoms with Gasteiger partial charge in [-0.05, 0) is 17.5 Å². The first-order valence-corrected chi connectivity index (χ1v) is 5.15. The Morgan fingerprint density at radius 1 is 1.06 bits per heavy atom. The normalized spacial score (nSPS) is 9.75. The second-order valence-corrected chi connectivity index (χ2v) is 3.46. The van der Waals surface area contributed by atoms with Gasteiger partial charge < -0.3 is 0 Å². The first kappa shape index (κ1) is 10.3. The van der Waals surface area contributed by atoms with Crippen molar-refractivity contribution in [2.24, 2.45) is 0 Å². The predicted octanol–water partition coefficient (Wildman–Crippen LogP) is 2.58. The van der Waals surface area contributed by atoms with Crippen molar-refractivity contribution in [2.75, 3.05) is 0 Å². The molecule has 0 aliphatic heterocycles. The molecule has 0 unspecified atom stereocenters. The highest BCUT2D eigenvalue weighted by Gasteiger charge is 1.99. The Hall–Kier alpha value is -2.21. The van der Waals surface area contributed by atoms with Gasteiger partial charge in [0.2, 0.25) is 5.82 Å². The number of nitriles is 1. The zero-order valence-corrected chi connectivity index (χ0v) is 9.01. The van der Waals surface area contributed by atoms with Crippen molar-refractivity contribution in [3.05, 3.63) is 48.0 Å². The second-order valence-electron chi connectivity index (χ2n) is 3.46. The van der Waals surface area contributed by atoms with E-state index in [0.717, 1.165) is 17.5 Å². The Kier molecular flexibility index (Phi) is 2.93. The lowest BCUT2D eigenvalue weighted by atomic mass is 10.1. The molecular weight excluding hydrogens is 198 g/mol. The lowest BCUT2D eigenvalue weighted by molar-refractivity contribution is 1.11. The highest BCUT2D eigenvalue weighted by atomic mass is 14.9. The van der Waals surface area contributed by atoms with Gasteiger partial charge in [0.25, 0.3) is 0 Å². The van der Waals surface area contributed by atoms with Crippen LogP contribution in [0, 0.1) is 11.3 Å². The molecule has 0 N–H and O–H groups in total. The molecule has 78 valence electrons. The summed E-state index contributed by atoms with van der Waals surface area (Å²) >= 11 is 0. The fourth-order valence-corrected chi connectivity index (χ4v) is 1.47. The number of aryl methyl sites for hydroxylation is 1. The molecule has 0 bridgehead atoms. The standard InChI is InChI=1S/C13H11N3/c1-2-10-3-5-11(6-4-10)12-8-15-13(7-14)16-9-12/h3-6,8-9H,2H2,1H3. The van der Waals surface area contributed by atoms with E-state index in [1.165, 1.54) is 5.56 Å². The zero-order valence-electron chi connectivity index (χ0n) is 9.01. The highest BCUT2D eigenvalue weighted by molar-refractivity contribution is 5.61. The highest BCUT2D eigenvalue weighted by Crippen LogP contribution is 2.18. The Labute approximate surface area is 94.4 Å². The van der Waals surface area contributed by atoms with Crippen molar-refractivity contribution in [1.29, 1.82) is 5.26 Å². The van der Waals surface area contributed by atoms with Gasteiger partial charge in [-0.25, -0.2) is 9.97 Å². The largest absolute Gasteiger partial charge is 0.232 e. The third kappa shape index (κ3) is 2.06. The Balaban J connectivity index is 2.32. The van der Waals surface area contributed by atoms with Crippen molar-refractivity contribution < 1.29 is 0 Å². The first-order valence-electron chi connectivity index (χ1n) is 5.15. The van der Waals surface area contributed by atoms with Crippen LogP contribution < -0.4 is 0 Å². The van der Waals surface area contributed by atoms with E-state index in [-0.39, 0.29) is 5.82 Å². The van der Waals surface area contributed by atoms with Gasteiger partial charge in [-0.1, -0.05) is 31.2 Å². The third-order valence-electron chi connectivity index (χ3n) is 2.45. The molecule has 1 heterocycles. The summed E-state index contributed by atoms with van der Waals surface area (Å²) in [6.45, 7) is 2.12. The molecule has 2 aromatic rings. The lowest BCUT2D eigenvalue weighted by Gasteiger charge is -2.01. The SMILES string of the molecule is CCc1ccc(-c2cnc(C#N)nc2)cc1. The van der Waals surface area contributed by atoms with Gasteiger partial charge in [0.1, 0.15) is 6.07 Å². The minimum absolute atomic E-state index is 0.203. The van der Waals surface area contributed by atoms with Crippen LogP contribution in [0.1, 0.15) is 18.3 Å². The van der Waals surface area contributed by atoms with Gasteiger partial charge in [-0.3, -0.25) is 0 Å². The summed E-state index contributed by atoms with van der Waals surface area (Å²) in [7, 11) is 0. The minimum atomic E-state index is 0.203. The minimum Gasteiger partial charge on any atom is -0.227 e. The van der Waals surface area contributed by atoms with E-state index >= 15 is 0 Å². The summed E-state index contributed by atoms with van der Waals surface area (Å²) in [6.07, 6.45) is 4.38. The summed E-state index contributed by atoms with van der Waals surface area (Å²) in [5.41, 5.74) is 3.31. The van der Waals surface area contributed by atoms with Gasteiger partial charge in [-0.2, -0.15) is 5.26 Å². The first-order chi connectivity index (χ1) is 7.83. The molecule has 0 saturated heterocycles. The fraction of sp³-hybridized carbons (Fsp3) is 0.154. The smallest absolute Gasteiger partial charge is 0.227 e. The topological polar surface area (TPSA) is 49.6 Å². The van der Waals surface area contributed by atoms with Crippen LogP contribution in [0.4, 0.5) is 0 Å². The Morgan fingerprint density at radius 3 is 2.19 bits per heavy atom. The maximum absolute atomic E-state index is 8.59. The monoisotopic (exact) mass is 209 g/mol. The van der Waals surface area contributed by atoms with E-state index in [2.05, 4.69) is 29.0 Å². The number of benzene rings is 1. The van der Waals surface area contributed by atoms with Crippen molar-refractivity contribution in [3.8, 4) is 17.2 Å². The summed E-state index contributed by atoms with van der Waals surface area (Å²) in [5, 5.41) is 8.59. The molecule has 0 aliphatic rings. The molecule has 0 spiro atoms. The van der Waals surface area contributed by atoms with Crippen molar-refractivity contribution in [2.45, 2.75) is 13.3 Å². The molecule has 0 fully saturated rings. The second kappa shape index (κ2) is 4.54. The molecule has 2 rings (SSSR count). The summed E-state index contributed by atoms with van der Waals surface area (Å²) in [5.74, 6) is 0.203. The summed E-state index contributed by atoms with van der Waals surface area (Å²) < 4.78 is 0. The molecule has 1 aromatic heterocycles. The van der Waals surface area contributed by atoms with Gasteiger partial charge in [-0.15, -0.1) is 0 Å². The van der Waals surface area contributed by atoms with Crippen molar-refractivity contribution in [1.82, 2.24) is 9.97 Å². The number of hydrogen-bond acceptors (Lipinski definition) is 3. The molecule has 0 atom stereocenters. The molecule has 0 saturated carbocycles. The van der Waals surface area contributed by atoms with E-state index in [0.29, 0.717) is 0 Å². The average molecular weight is 209 g/mol. The van der Waals surface area contributed by atoms with Gasteiger partial charge in [0, 0.05) is 18.0 Å². The van der Waals surface area contributed by atoms with Crippen LogP contribution in [-0.4, -0.2) is 9.97 Å². The van der Waals surface area contributed by atoms with Gasteiger partial charge in [0.15, 0.2) is 0 Å². The number of rotatable bonds is 2. The average Bonchev–Trinajstić information content (AvgIpc) is 2.39. The van der Waals surface area contributed by atoms with Gasteiger partial charge >= 0.3 is 0 Å². The molecule has 0 aliphatic carbocycles. The maximum Gasteiger partial charge on any atom is 0.232 e. The van der Waals surface area contributed by atoms with E-state index < -0.39 is 0 Å². The van der Waals surface area contributed by atoms with E-state index in [1.54, 1.807) is 12.4 Å². The van der Waals surface area contributed by atoms with Gasteiger partial charge in [0.05, 0.1) is 0 Å². The van der Waals surface area contributed by atoms with Crippen LogP contribution in [0.15, 0.2) is 36.7 Å². The van der Waals surface area contributed by atoms with Crippen LogP contribution in [0.3, 0.4) is 0 Å². The number of nitrogens with zero attached hydrogens (tertiary/aromatic N) is 3. The predicted molar refractivity (Wildman–Crippen MR) is 61.6 cm³/mol. The molecule has 1 aromatic carbocycles. The molecule has 0 amide bonds. The lowest BCUT2D eigenvalue weighted by Crippen LogP contribution is -1.89. The molecule has 3 nitrogen and oxygen atoms in total. The number of hydrogen-bond donors (Lipinski definition) is 0. The van der Waals surface area contributed by atoms with Crippen LogP contribution in [0.2, 0.25) is 0 Å². The third-order valence-corrected chi connectivity index (χ3v) is 2.45. The Morgan fingerprint density at radius 2 is 1.69 bits per heavy atom. The van der Waals surface area contributed by atoms with Crippen LogP contribution in [0.25, 0.3) is 11.1 Å². The molecular formula is C13H11N3. The summed E-state index contributed by atoms with van der Waals surface area (Å²) in [6, 6.07) is 10.2. The van der Waals surface area contributed by atoms with Crippen LogP contribution in [-0.2, 0) is 6.42 Å². The zero-order chi connectivity index (χ0) is 11.4. The van der Waals surface area contributed by atoms with Crippen LogP contribution >= 0.6 is 0 Å². The van der Waals surface area contributed by atoms with E-state index in [1.807, 2.05) is 18.2 Å². The van der Waals surface area contributed by atoms with E-state index in [4.69, 9.17) is 5.26 Å². The van der Waals surface area contributed by atoms with Crippen molar-refractivity contribution >= 4 is 0 Å². The maximum atomic E-state index is 8.59. The van der Waals surface area contributed by atoms with Crippen LogP contribution in [0.5, 0.6) is 0 Å². The molecule has 3 heteroatoms. The van der Waals surface area contributed by atoms with E-state index in [9.17, 15) is 0 Å². The Bertz CT molecular complexity index is 506. The summed E-state index contributed by atoms with van der Waals surface area (Å²) in [4.78, 5) is 7.89. The molecule has 16 heavy (non-hydrogen) atoms. The van der Waals surface area contributed by atoms with Crippen molar-refractivity contribution in [3.63, 3.8) is 0 Å². The fourth-order valence-electron chi connectivity index (χ4n) is 1.47. The number of aromatic nitrogens is 2. The quantitative estimate of drug-likeness (QED) is 0.763.